The van der Waals surface area contributed by atoms with E-state index in [9.17, 15) is 9.00 Å². The summed E-state index contributed by atoms with van der Waals surface area (Å²) in [7, 11) is -3.40. The number of halogens is 1. The molecule has 6 nitrogen and oxygen atoms in total. The molecule has 2 amide bonds. The maximum Gasteiger partial charge on any atom is 0.331 e. The molecule has 8 heteroatoms. The molecular formula is C20H19BrN4O2S. The van der Waals surface area contributed by atoms with Gasteiger partial charge in [0.25, 0.3) is 0 Å². The van der Waals surface area contributed by atoms with Crippen molar-refractivity contribution in [1.82, 2.24) is 4.72 Å². The minimum atomic E-state index is -3.40. The topological polar surface area (TPSA) is 94.3 Å². The predicted molar refractivity (Wildman–Crippen MR) is 111 cm³/mol. The van der Waals surface area contributed by atoms with E-state index in [0.29, 0.717) is 0 Å². The van der Waals surface area contributed by atoms with Crippen molar-refractivity contribution in [3.63, 3.8) is 0 Å². The van der Waals surface area contributed by atoms with E-state index < -0.39 is 15.9 Å². The van der Waals surface area contributed by atoms with Gasteiger partial charge in [-0.25, -0.2) is 13.7 Å². The maximum atomic E-state index is 13.2. The van der Waals surface area contributed by atoms with Crippen LogP contribution in [-0.2, 0) is 35.6 Å². The molecule has 0 fully saturated rings. The van der Waals surface area contributed by atoms with Crippen LogP contribution in [0.3, 0.4) is 0 Å². The van der Waals surface area contributed by atoms with Crippen molar-refractivity contribution in [2.75, 3.05) is 5.32 Å². The largest absolute Gasteiger partial charge is 0.331 e. The van der Waals surface area contributed by atoms with Crippen LogP contribution in [0, 0.1) is 11.5 Å². The van der Waals surface area contributed by atoms with Crippen molar-refractivity contribution >= 4 is 37.6 Å². The SMILES string of the molecule is N#CN=S(=O)(NC(=O)Nc1c2c(cc3c1CCC3)CCC2)c1ccc(Br)cc1. The van der Waals surface area contributed by atoms with Gasteiger partial charge in [0.1, 0.15) is 0 Å². The summed E-state index contributed by atoms with van der Waals surface area (Å²) in [4.78, 5) is 13.0. The Morgan fingerprint density at radius 2 is 1.68 bits per heavy atom. The molecule has 2 aliphatic rings. The predicted octanol–water partition coefficient (Wildman–Crippen LogP) is 4.47. The van der Waals surface area contributed by atoms with Gasteiger partial charge in [0.05, 0.1) is 4.90 Å². The third-order valence-electron chi connectivity index (χ3n) is 5.25. The first kappa shape index (κ1) is 19.0. The molecule has 0 heterocycles. The Morgan fingerprint density at radius 3 is 2.25 bits per heavy atom. The molecule has 28 heavy (non-hydrogen) atoms. The molecule has 0 saturated carbocycles. The quantitative estimate of drug-likeness (QED) is 0.663. The van der Waals surface area contributed by atoms with Crippen LogP contribution in [0.2, 0.25) is 0 Å². The molecule has 0 spiro atoms. The number of amides is 2. The lowest BCUT2D eigenvalue weighted by atomic mass is 9.99. The lowest BCUT2D eigenvalue weighted by Crippen LogP contribution is -2.34. The molecule has 0 bridgehead atoms. The Bertz CT molecular complexity index is 1080. The molecular weight excluding hydrogens is 440 g/mol. The van der Waals surface area contributed by atoms with E-state index in [1.165, 1.54) is 22.3 Å². The third kappa shape index (κ3) is 3.52. The number of carbonyl (C=O) groups is 1. The lowest BCUT2D eigenvalue weighted by Gasteiger charge is -2.17. The van der Waals surface area contributed by atoms with Crippen molar-refractivity contribution in [2.45, 2.75) is 43.4 Å². The Kier molecular flexibility index (Phi) is 5.13. The molecule has 0 aliphatic heterocycles. The van der Waals surface area contributed by atoms with Crippen LogP contribution in [-0.4, -0.2) is 10.2 Å². The van der Waals surface area contributed by atoms with Crippen LogP contribution >= 0.6 is 15.9 Å². The summed E-state index contributed by atoms with van der Waals surface area (Å²) in [6.45, 7) is 0. The fourth-order valence-corrected chi connectivity index (χ4v) is 5.50. The highest BCUT2D eigenvalue weighted by atomic mass is 79.9. The summed E-state index contributed by atoms with van der Waals surface area (Å²) in [6.07, 6.45) is 7.64. The molecule has 2 aliphatic carbocycles. The van der Waals surface area contributed by atoms with Gasteiger partial charge in [-0.2, -0.15) is 5.26 Å². The molecule has 0 radical (unpaired) electrons. The molecule has 4 rings (SSSR count). The number of nitriles is 1. The number of anilines is 1. The van der Waals surface area contributed by atoms with E-state index in [2.05, 4.69) is 36.4 Å². The number of carbonyl (C=O) groups excluding carboxylic acids is 1. The first-order valence-electron chi connectivity index (χ1n) is 9.16. The standard InChI is InChI=1S/C20H19BrN4O2S/c21-15-7-9-16(10-8-15)28(27,23-12-22)25-20(26)24-19-17-5-1-3-13(17)11-14-4-2-6-18(14)19/h7-11H,1-6H2,(H2,23,24,25,26,27). The Balaban J connectivity index is 1.65. The van der Waals surface area contributed by atoms with Crippen molar-refractivity contribution < 1.29 is 9.00 Å². The van der Waals surface area contributed by atoms with Crippen LogP contribution < -0.4 is 10.0 Å². The number of hydrogen-bond acceptors (Lipinski definition) is 4. The van der Waals surface area contributed by atoms with Gasteiger partial charge in [0.2, 0.25) is 6.19 Å². The Hall–Kier alpha value is -2.37. The van der Waals surface area contributed by atoms with Crippen LogP contribution in [0.15, 0.2) is 44.1 Å². The van der Waals surface area contributed by atoms with Crippen molar-refractivity contribution in [1.29, 1.82) is 5.26 Å². The Labute approximate surface area is 172 Å². The summed E-state index contributed by atoms with van der Waals surface area (Å²) in [5.41, 5.74) is 5.82. The number of nitrogens with one attached hydrogen (secondary N) is 2. The van der Waals surface area contributed by atoms with Gasteiger partial charge in [0.15, 0.2) is 9.92 Å². The van der Waals surface area contributed by atoms with Gasteiger partial charge >= 0.3 is 6.03 Å². The van der Waals surface area contributed by atoms with Gasteiger partial charge in [-0.05, 0) is 85.0 Å². The van der Waals surface area contributed by atoms with E-state index in [1.807, 2.05) is 0 Å². The van der Waals surface area contributed by atoms with E-state index in [-0.39, 0.29) is 4.90 Å². The van der Waals surface area contributed by atoms with Crippen LogP contribution in [0.4, 0.5) is 10.5 Å². The van der Waals surface area contributed by atoms with Crippen molar-refractivity contribution in [3.05, 3.63) is 57.1 Å². The minimum Gasteiger partial charge on any atom is -0.307 e. The summed E-state index contributed by atoms with van der Waals surface area (Å²) < 4.78 is 20.0. The first-order chi connectivity index (χ1) is 13.5. The zero-order valence-electron chi connectivity index (χ0n) is 15.1. The number of benzene rings is 2. The molecule has 2 aromatic rings. The third-order valence-corrected chi connectivity index (χ3v) is 7.49. The van der Waals surface area contributed by atoms with Crippen LogP contribution in [0.1, 0.15) is 35.1 Å². The summed E-state index contributed by atoms with van der Waals surface area (Å²) >= 11 is 3.32. The van der Waals surface area contributed by atoms with Gasteiger partial charge in [0, 0.05) is 10.2 Å². The van der Waals surface area contributed by atoms with Gasteiger partial charge < -0.3 is 5.32 Å². The molecule has 0 saturated heterocycles. The summed E-state index contributed by atoms with van der Waals surface area (Å²) in [6, 6.07) is 8.21. The number of rotatable bonds is 3. The summed E-state index contributed by atoms with van der Waals surface area (Å²) in [5, 5.41) is 11.9. The average molecular weight is 459 g/mol. The molecule has 2 aromatic carbocycles. The molecule has 144 valence electrons. The zero-order chi connectivity index (χ0) is 19.7. The highest BCUT2D eigenvalue weighted by Gasteiger charge is 2.26. The second-order valence-corrected chi connectivity index (χ2v) is 9.79. The second-order valence-electron chi connectivity index (χ2n) is 6.96. The first-order valence-corrected chi connectivity index (χ1v) is 11.5. The van der Waals surface area contributed by atoms with E-state index in [0.717, 1.165) is 48.7 Å². The van der Waals surface area contributed by atoms with Gasteiger partial charge in [-0.1, -0.05) is 26.4 Å². The highest BCUT2D eigenvalue weighted by molar-refractivity contribution is 9.10. The molecule has 1 unspecified atom stereocenters. The molecule has 0 aromatic heterocycles. The van der Waals surface area contributed by atoms with Gasteiger partial charge in [-0.15, -0.1) is 0 Å². The summed E-state index contributed by atoms with van der Waals surface area (Å²) in [5.74, 6) is 0. The lowest BCUT2D eigenvalue weighted by molar-refractivity contribution is 0.256. The molecule has 2 N–H and O–H groups in total. The minimum absolute atomic E-state index is 0.274. The number of urea groups is 1. The molecule has 1 atom stereocenters. The van der Waals surface area contributed by atoms with Crippen LogP contribution in [0.5, 0.6) is 0 Å². The van der Waals surface area contributed by atoms with E-state index in [4.69, 9.17) is 5.26 Å². The fourth-order valence-electron chi connectivity index (χ4n) is 4.04. The normalized spacial score (nSPS) is 16.4. The fraction of sp³-hybridized carbons (Fsp3) is 0.300. The Morgan fingerprint density at radius 1 is 1.07 bits per heavy atom. The van der Waals surface area contributed by atoms with Crippen molar-refractivity contribution in [2.24, 2.45) is 4.36 Å². The number of aryl methyl sites for hydroxylation is 2. The van der Waals surface area contributed by atoms with Gasteiger partial charge in [-0.3, -0.25) is 0 Å². The van der Waals surface area contributed by atoms with E-state index in [1.54, 1.807) is 30.5 Å². The maximum absolute atomic E-state index is 13.2. The number of hydrogen-bond donors (Lipinski definition) is 2. The number of fused-ring (bicyclic) bond motifs is 2. The monoisotopic (exact) mass is 458 g/mol. The zero-order valence-corrected chi connectivity index (χ0v) is 17.5. The highest BCUT2D eigenvalue weighted by Crippen LogP contribution is 2.38. The second kappa shape index (κ2) is 7.57. The van der Waals surface area contributed by atoms with Crippen molar-refractivity contribution in [3.8, 4) is 6.19 Å². The average Bonchev–Trinajstić information content (AvgIpc) is 3.31. The number of nitrogens with zero attached hydrogens (tertiary/aromatic N) is 2. The smallest absolute Gasteiger partial charge is 0.307 e. The van der Waals surface area contributed by atoms with Crippen LogP contribution in [0.25, 0.3) is 0 Å². The van der Waals surface area contributed by atoms with E-state index >= 15 is 0 Å².